The summed E-state index contributed by atoms with van der Waals surface area (Å²) in [5.41, 5.74) is 7.19. The third-order valence-electron chi connectivity index (χ3n) is 5.11. The minimum Gasteiger partial charge on any atom is -0.496 e. The van der Waals surface area contributed by atoms with Gasteiger partial charge in [-0.25, -0.2) is 4.98 Å². The molecule has 36 heavy (non-hydrogen) atoms. The van der Waals surface area contributed by atoms with E-state index in [0.29, 0.717) is 16.8 Å². The number of nitrogens with zero attached hydrogens (tertiary/aromatic N) is 1. The summed E-state index contributed by atoms with van der Waals surface area (Å²) in [6.45, 7) is 0. The molecule has 0 spiro atoms. The van der Waals surface area contributed by atoms with Crippen LogP contribution in [-0.2, 0) is 11.2 Å². The van der Waals surface area contributed by atoms with E-state index in [2.05, 4.69) is 15.6 Å². The van der Waals surface area contributed by atoms with Gasteiger partial charge in [0.25, 0.3) is 5.91 Å². The van der Waals surface area contributed by atoms with Crippen LogP contribution >= 0.6 is 12.2 Å². The second kappa shape index (κ2) is 10.8. The van der Waals surface area contributed by atoms with Crippen molar-refractivity contribution in [2.45, 2.75) is 6.42 Å². The topological polar surface area (TPSA) is 116 Å². The molecule has 4 rings (SSSR count). The van der Waals surface area contributed by atoms with Crippen LogP contribution in [-0.4, -0.2) is 29.0 Å². The van der Waals surface area contributed by atoms with E-state index in [1.165, 1.54) is 19.2 Å². The Morgan fingerprint density at radius 1 is 1.03 bits per heavy atom. The second-order valence-electron chi connectivity index (χ2n) is 7.67. The van der Waals surface area contributed by atoms with Crippen molar-refractivity contribution in [3.05, 3.63) is 89.9 Å². The summed E-state index contributed by atoms with van der Waals surface area (Å²) in [4.78, 5) is 27.9. The maximum atomic E-state index is 14.2. The number of aromatic nitrogens is 1. The van der Waals surface area contributed by atoms with E-state index in [-0.39, 0.29) is 40.0 Å². The van der Waals surface area contributed by atoms with Gasteiger partial charge in [0.05, 0.1) is 24.6 Å². The molecular formula is C26H21FN4O4S. The maximum Gasteiger partial charge on any atom is 0.252 e. The lowest BCUT2D eigenvalue weighted by Crippen LogP contribution is -2.35. The highest BCUT2D eigenvalue weighted by Gasteiger charge is 2.16. The highest BCUT2D eigenvalue weighted by molar-refractivity contribution is 7.80. The zero-order chi connectivity index (χ0) is 25.7. The van der Waals surface area contributed by atoms with Crippen molar-refractivity contribution in [2.75, 3.05) is 12.4 Å². The van der Waals surface area contributed by atoms with E-state index in [9.17, 15) is 14.0 Å². The number of hydrogen-bond acceptors (Lipinski definition) is 6. The Labute approximate surface area is 211 Å². The zero-order valence-corrected chi connectivity index (χ0v) is 19.9. The number of nitrogens with one attached hydrogen (secondary N) is 2. The van der Waals surface area contributed by atoms with Crippen LogP contribution in [0.3, 0.4) is 0 Å². The highest BCUT2D eigenvalue weighted by atomic mass is 32.1. The molecule has 0 saturated carbocycles. The molecule has 0 atom stereocenters. The van der Waals surface area contributed by atoms with Gasteiger partial charge in [-0.1, -0.05) is 36.4 Å². The number of primary amides is 1. The van der Waals surface area contributed by atoms with E-state index in [1.807, 2.05) is 30.3 Å². The van der Waals surface area contributed by atoms with Gasteiger partial charge in [-0.2, -0.15) is 4.39 Å². The van der Waals surface area contributed by atoms with E-state index < -0.39 is 11.9 Å². The number of thiocarbonyl (C=S) groups is 1. The first-order valence-corrected chi connectivity index (χ1v) is 11.1. The monoisotopic (exact) mass is 504 g/mol. The van der Waals surface area contributed by atoms with Gasteiger partial charge in [-0.05, 0) is 36.0 Å². The molecule has 182 valence electrons. The molecule has 0 bridgehead atoms. The van der Waals surface area contributed by atoms with Gasteiger partial charge < -0.3 is 25.8 Å². The van der Waals surface area contributed by atoms with Gasteiger partial charge in [-0.3, -0.25) is 9.59 Å². The Balaban J connectivity index is 1.52. The number of methoxy groups -OCH3 is 1. The van der Waals surface area contributed by atoms with Gasteiger partial charge in [0, 0.05) is 29.3 Å². The second-order valence-corrected chi connectivity index (χ2v) is 8.08. The average molecular weight is 505 g/mol. The third kappa shape index (κ3) is 5.91. The first kappa shape index (κ1) is 24.6. The predicted molar refractivity (Wildman–Crippen MR) is 138 cm³/mol. The molecule has 8 nitrogen and oxygen atoms in total. The summed E-state index contributed by atoms with van der Waals surface area (Å²) >= 11 is 5.25. The summed E-state index contributed by atoms with van der Waals surface area (Å²) in [6, 6.07) is 20.0. The molecular weight excluding hydrogens is 483 g/mol. The van der Waals surface area contributed by atoms with Crippen LogP contribution in [0.15, 0.2) is 72.8 Å². The fraction of sp³-hybridized carbons (Fsp3) is 0.0769. The lowest BCUT2D eigenvalue weighted by Gasteiger charge is -2.14. The predicted octanol–water partition coefficient (Wildman–Crippen LogP) is 4.33. The number of carbonyl (C=O) groups excluding carboxylic acids is 2. The van der Waals surface area contributed by atoms with Crippen molar-refractivity contribution in [3.63, 3.8) is 0 Å². The largest absolute Gasteiger partial charge is 0.496 e. The smallest absolute Gasteiger partial charge is 0.252 e. The summed E-state index contributed by atoms with van der Waals surface area (Å²) in [5.74, 6) is -1.10. The fourth-order valence-corrected chi connectivity index (χ4v) is 3.75. The molecule has 1 aromatic heterocycles. The highest BCUT2D eigenvalue weighted by Crippen LogP contribution is 2.34. The number of rotatable bonds is 7. The molecule has 0 saturated heterocycles. The van der Waals surface area contributed by atoms with E-state index in [4.69, 9.17) is 27.4 Å². The molecule has 3 aromatic carbocycles. The minimum absolute atomic E-state index is 0.107. The van der Waals surface area contributed by atoms with Gasteiger partial charge >= 0.3 is 0 Å². The molecule has 10 heteroatoms. The molecule has 0 radical (unpaired) electrons. The fourth-order valence-electron chi connectivity index (χ4n) is 3.52. The Morgan fingerprint density at radius 2 is 1.81 bits per heavy atom. The van der Waals surface area contributed by atoms with E-state index in [1.54, 1.807) is 24.3 Å². The Bertz CT molecular complexity index is 1460. The number of nitrogens with two attached hydrogens (primary N) is 1. The number of amides is 2. The number of anilines is 1. The van der Waals surface area contributed by atoms with Crippen molar-refractivity contribution >= 4 is 45.7 Å². The van der Waals surface area contributed by atoms with Crippen LogP contribution in [0.4, 0.5) is 10.1 Å². The van der Waals surface area contributed by atoms with Crippen LogP contribution in [0, 0.1) is 5.95 Å². The molecule has 4 N–H and O–H groups in total. The summed E-state index contributed by atoms with van der Waals surface area (Å²) in [6.07, 6.45) is 0.185. The zero-order valence-electron chi connectivity index (χ0n) is 19.1. The first-order chi connectivity index (χ1) is 17.3. The van der Waals surface area contributed by atoms with Crippen molar-refractivity contribution in [2.24, 2.45) is 5.73 Å². The molecule has 4 aromatic rings. The van der Waals surface area contributed by atoms with Crippen molar-refractivity contribution in [1.82, 2.24) is 10.3 Å². The Kier molecular flexibility index (Phi) is 7.36. The average Bonchev–Trinajstić information content (AvgIpc) is 2.83. The molecule has 0 unspecified atom stereocenters. The minimum atomic E-state index is -0.775. The number of pyridine rings is 1. The van der Waals surface area contributed by atoms with Crippen LogP contribution in [0.5, 0.6) is 17.2 Å². The van der Waals surface area contributed by atoms with Gasteiger partial charge in [-0.15, -0.1) is 0 Å². The standard InChI is InChI=1S/C26H21FN4O4S/c1-34-21-13-20-18(12-19(21)25(28)33)22(14-23(27)30-20)35-17-9-5-8-16(11-17)29-26(36)31-24(32)10-15-6-3-2-4-7-15/h2-9,11-14H,10H2,1H3,(H2,28,33)(H2,29,31,32,36). The lowest BCUT2D eigenvalue weighted by atomic mass is 10.1. The van der Waals surface area contributed by atoms with E-state index in [0.717, 1.165) is 11.6 Å². The van der Waals surface area contributed by atoms with Crippen molar-refractivity contribution < 1.29 is 23.5 Å². The van der Waals surface area contributed by atoms with Crippen LogP contribution in [0.1, 0.15) is 15.9 Å². The Hall–Kier alpha value is -4.57. The van der Waals surface area contributed by atoms with Gasteiger partial charge in [0.2, 0.25) is 11.9 Å². The number of hydrogen-bond donors (Lipinski definition) is 3. The normalized spacial score (nSPS) is 10.5. The molecule has 1 heterocycles. The first-order valence-electron chi connectivity index (χ1n) is 10.7. The van der Waals surface area contributed by atoms with Crippen LogP contribution < -0.4 is 25.8 Å². The Morgan fingerprint density at radius 3 is 2.53 bits per heavy atom. The van der Waals surface area contributed by atoms with Gasteiger partial charge in [0.15, 0.2) is 5.11 Å². The van der Waals surface area contributed by atoms with Crippen molar-refractivity contribution in [3.8, 4) is 17.2 Å². The third-order valence-corrected chi connectivity index (χ3v) is 5.31. The molecule has 2 amide bonds. The number of halogens is 1. The molecule has 0 aliphatic carbocycles. The molecule has 0 fully saturated rings. The lowest BCUT2D eigenvalue weighted by molar-refractivity contribution is -0.119. The number of carbonyl (C=O) groups is 2. The molecule has 0 aliphatic rings. The quantitative estimate of drug-likeness (QED) is 0.253. The number of ether oxygens (including phenoxy) is 2. The van der Waals surface area contributed by atoms with Crippen LogP contribution in [0.2, 0.25) is 0 Å². The number of benzene rings is 3. The summed E-state index contributed by atoms with van der Waals surface area (Å²) < 4.78 is 25.3. The van der Waals surface area contributed by atoms with Crippen LogP contribution in [0.25, 0.3) is 10.9 Å². The summed E-state index contributed by atoms with van der Waals surface area (Å²) in [7, 11) is 1.37. The van der Waals surface area contributed by atoms with Crippen molar-refractivity contribution in [1.29, 1.82) is 0 Å². The maximum absolute atomic E-state index is 14.2. The SMILES string of the molecule is COc1cc2nc(F)cc(Oc3cccc(NC(=S)NC(=O)Cc4ccccc4)c3)c2cc1C(N)=O. The number of fused-ring (bicyclic) bond motifs is 1. The summed E-state index contributed by atoms with van der Waals surface area (Å²) in [5, 5.41) is 6.05. The van der Waals surface area contributed by atoms with E-state index >= 15 is 0 Å². The van der Waals surface area contributed by atoms with Gasteiger partial charge in [0.1, 0.15) is 17.2 Å². The molecule has 0 aliphatic heterocycles.